The smallest absolute Gasteiger partial charge is 0.390 e. The van der Waals surface area contributed by atoms with Crippen molar-refractivity contribution in [3.05, 3.63) is 29.3 Å². The van der Waals surface area contributed by atoms with E-state index >= 15 is 0 Å². The van der Waals surface area contributed by atoms with Gasteiger partial charge in [-0.15, -0.1) is 0 Å². The molecule has 8 heteroatoms. The van der Waals surface area contributed by atoms with Crippen molar-refractivity contribution in [3.8, 4) is 0 Å². The van der Waals surface area contributed by atoms with Crippen molar-refractivity contribution < 1.29 is 26.7 Å². The Hall–Kier alpha value is -1.86. The molecular weight excluding hydrogens is 271 g/mol. The van der Waals surface area contributed by atoms with E-state index in [9.17, 15) is 26.7 Å². The highest BCUT2D eigenvalue weighted by atomic mass is 19.4. The molecule has 1 aromatic rings. The van der Waals surface area contributed by atoms with E-state index in [1.807, 2.05) is 0 Å². The number of hydrogen-bond donors (Lipinski definition) is 1. The molecule has 0 bridgehead atoms. The molecule has 0 aromatic heterocycles. The van der Waals surface area contributed by atoms with E-state index in [0.717, 1.165) is 11.9 Å². The van der Waals surface area contributed by atoms with Crippen LogP contribution in [0.25, 0.3) is 0 Å². The third-order valence-corrected chi connectivity index (χ3v) is 2.40. The molecule has 0 heterocycles. The Labute approximate surface area is 105 Å². The number of halogens is 5. The number of nitrogen functional groups attached to an aromatic ring is 1. The first-order valence-electron chi connectivity index (χ1n) is 5.18. The van der Waals surface area contributed by atoms with E-state index in [-0.39, 0.29) is 11.3 Å². The van der Waals surface area contributed by atoms with Crippen molar-refractivity contribution in [3.63, 3.8) is 0 Å². The van der Waals surface area contributed by atoms with Gasteiger partial charge in [-0.2, -0.15) is 13.2 Å². The molecule has 1 rings (SSSR count). The topological polar surface area (TPSA) is 46.3 Å². The summed E-state index contributed by atoms with van der Waals surface area (Å²) in [5.41, 5.74) is 4.63. The van der Waals surface area contributed by atoms with Crippen molar-refractivity contribution in [2.45, 2.75) is 12.6 Å². The van der Waals surface area contributed by atoms with Crippen LogP contribution in [0.1, 0.15) is 16.8 Å². The summed E-state index contributed by atoms with van der Waals surface area (Å²) >= 11 is 0. The van der Waals surface area contributed by atoms with Crippen LogP contribution in [-0.4, -0.2) is 30.6 Å². The molecule has 1 amide bonds. The molecule has 0 atom stereocenters. The zero-order chi connectivity index (χ0) is 14.8. The number of hydrogen-bond acceptors (Lipinski definition) is 2. The Morgan fingerprint density at radius 2 is 1.79 bits per heavy atom. The maximum Gasteiger partial charge on any atom is 0.390 e. The lowest BCUT2D eigenvalue weighted by atomic mass is 10.1. The lowest BCUT2D eigenvalue weighted by Crippen LogP contribution is -2.31. The van der Waals surface area contributed by atoms with Gasteiger partial charge in [-0.1, -0.05) is 0 Å². The largest absolute Gasteiger partial charge is 0.398 e. The molecule has 1 aromatic carbocycles. The molecule has 0 fully saturated rings. The number of alkyl halides is 3. The van der Waals surface area contributed by atoms with E-state index in [0.29, 0.717) is 12.1 Å². The molecule has 0 spiro atoms. The van der Waals surface area contributed by atoms with Crippen LogP contribution in [0.4, 0.5) is 27.6 Å². The predicted octanol–water partition coefficient (Wildman–Crippen LogP) is 2.57. The van der Waals surface area contributed by atoms with Crippen molar-refractivity contribution in [1.29, 1.82) is 0 Å². The molecule has 0 saturated carbocycles. The summed E-state index contributed by atoms with van der Waals surface area (Å²) in [6.45, 7) is -0.596. The van der Waals surface area contributed by atoms with Crippen LogP contribution in [0, 0.1) is 11.6 Å². The van der Waals surface area contributed by atoms with E-state index < -0.39 is 36.7 Å². The van der Waals surface area contributed by atoms with Crippen LogP contribution in [0.2, 0.25) is 0 Å². The average molecular weight is 282 g/mol. The average Bonchev–Trinajstić information content (AvgIpc) is 2.29. The standard InChI is InChI=1S/C11H11F5N2O/c1-18(3-2-11(14,15)16)10(19)6-4-7(12)8(13)5-9(6)17/h4-5H,2-3,17H2,1H3. The van der Waals surface area contributed by atoms with Gasteiger partial charge in [0.25, 0.3) is 5.91 Å². The summed E-state index contributed by atoms with van der Waals surface area (Å²) in [7, 11) is 1.12. The van der Waals surface area contributed by atoms with Gasteiger partial charge >= 0.3 is 6.18 Å². The van der Waals surface area contributed by atoms with Gasteiger partial charge in [-0.25, -0.2) is 8.78 Å². The summed E-state index contributed by atoms with van der Waals surface area (Å²) in [6.07, 6.45) is -5.60. The molecule has 0 aliphatic heterocycles. The molecule has 0 saturated heterocycles. The number of carbonyl (C=O) groups excluding carboxylic acids is 1. The van der Waals surface area contributed by atoms with Crippen molar-refractivity contribution >= 4 is 11.6 Å². The normalized spacial score (nSPS) is 11.5. The lowest BCUT2D eigenvalue weighted by Gasteiger charge is -2.19. The summed E-state index contributed by atoms with van der Waals surface area (Å²) in [4.78, 5) is 12.5. The monoisotopic (exact) mass is 282 g/mol. The highest BCUT2D eigenvalue weighted by molar-refractivity contribution is 5.99. The molecule has 3 nitrogen and oxygen atoms in total. The second kappa shape index (κ2) is 5.41. The van der Waals surface area contributed by atoms with Crippen LogP contribution >= 0.6 is 0 Å². The van der Waals surface area contributed by atoms with Gasteiger partial charge in [-0.05, 0) is 6.07 Å². The number of nitrogens with two attached hydrogens (primary N) is 1. The summed E-state index contributed by atoms with van der Waals surface area (Å²) < 4.78 is 61.8. The van der Waals surface area contributed by atoms with Gasteiger partial charge in [0.05, 0.1) is 12.0 Å². The molecule has 106 valence electrons. The van der Waals surface area contributed by atoms with Crippen molar-refractivity contribution in [1.82, 2.24) is 4.90 Å². The number of carbonyl (C=O) groups is 1. The van der Waals surface area contributed by atoms with Gasteiger partial charge < -0.3 is 10.6 Å². The van der Waals surface area contributed by atoms with E-state index in [2.05, 4.69) is 0 Å². The highest BCUT2D eigenvalue weighted by Crippen LogP contribution is 2.22. The number of rotatable bonds is 3. The summed E-state index contributed by atoms with van der Waals surface area (Å²) in [5, 5.41) is 0. The molecule has 0 unspecified atom stereocenters. The van der Waals surface area contributed by atoms with Crippen LogP contribution in [0.5, 0.6) is 0 Å². The lowest BCUT2D eigenvalue weighted by molar-refractivity contribution is -0.136. The second-order valence-electron chi connectivity index (χ2n) is 3.95. The van der Waals surface area contributed by atoms with Crippen molar-refractivity contribution in [2.75, 3.05) is 19.3 Å². The predicted molar refractivity (Wildman–Crippen MR) is 58.4 cm³/mol. The first-order chi connectivity index (χ1) is 8.61. The fourth-order valence-corrected chi connectivity index (χ4v) is 1.35. The maximum absolute atomic E-state index is 13.0. The van der Waals surface area contributed by atoms with Gasteiger partial charge in [0.2, 0.25) is 0 Å². The van der Waals surface area contributed by atoms with Crippen LogP contribution in [0.15, 0.2) is 12.1 Å². The van der Waals surface area contributed by atoms with Crippen LogP contribution < -0.4 is 5.73 Å². The molecule has 19 heavy (non-hydrogen) atoms. The van der Waals surface area contributed by atoms with Gasteiger partial charge in [0, 0.05) is 25.3 Å². The Morgan fingerprint density at radius 1 is 1.26 bits per heavy atom. The number of amides is 1. The Bertz CT molecular complexity index is 487. The van der Waals surface area contributed by atoms with Gasteiger partial charge in [-0.3, -0.25) is 4.79 Å². The third-order valence-electron chi connectivity index (χ3n) is 2.40. The molecule has 2 N–H and O–H groups in total. The number of anilines is 1. The summed E-state index contributed by atoms with van der Waals surface area (Å²) in [6, 6.07) is 1.18. The maximum atomic E-state index is 13.0. The third kappa shape index (κ3) is 4.08. The minimum Gasteiger partial charge on any atom is -0.398 e. The molecule has 0 radical (unpaired) electrons. The molecule has 0 aliphatic carbocycles. The number of nitrogens with zero attached hydrogens (tertiary/aromatic N) is 1. The quantitative estimate of drug-likeness (QED) is 0.684. The Balaban J connectivity index is 2.86. The SMILES string of the molecule is CN(CCC(F)(F)F)C(=O)c1cc(F)c(F)cc1N. The number of benzene rings is 1. The Kier molecular flexibility index (Phi) is 4.33. The van der Waals surface area contributed by atoms with E-state index in [4.69, 9.17) is 5.73 Å². The van der Waals surface area contributed by atoms with Gasteiger partial charge in [0.15, 0.2) is 11.6 Å². The van der Waals surface area contributed by atoms with E-state index in [1.165, 1.54) is 0 Å². The fraction of sp³-hybridized carbons (Fsp3) is 0.364. The second-order valence-corrected chi connectivity index (χ2v) is 3.95. The Morgan fingerprint density at radius 3 is 2.32 bits per heavy atom. The van der Waals surface area contributed by atoms with Gasteiger partial charge in [0.1, 0.15) is 0 Å². The van der Waals surface area contributed by atoms with Crippen LogP contribution in [0.3, 0.4) is 0 Å². The minimum absolute atomic E-state index is 0.331. The van der Waals surface area contributed by atoms with E-state index in [1.54, 1.807) is 0 Å². The first kappa shape index (κ1) is 15.2. The first-order valence-corrected chi connectivity index (χ1v) is 5.18. The highest BCUT2D eigenvalue weighted by Gasteiger charge is 2.28. The fourth-order valence-electron chi connectivity index (χ4n) is 1.35. The minimum atomic E-state index is -4.41. The molecule has 0 aliphatic rings. The van der Waals surface area contributed by atoms with Crippen LogP contribution in [-0.2, 0) is 0 Å². The van der Waals surface area contributed by atoms with Crippen molar-refractivity contribution in [2.24, 2.45) is 0 Å². The zero-order valence-electron chi connectivity index (χ0n) is 9.89. The zero-order valence-corrected chi connectivity index (χ0v) is 9.89. The summed E-state index contributed by atoms with van der Waals surface area (Å²) in [5.74, 6) is -3.42. The molecular formula is C11H11F5N2O.